The molecule has 1 aromatic heterocycles. The Labute approximate surface area is 108 Å². The molecule has 0 unspecified atom stereocenters. The minimum absolute atomic E-state index is 0.0837. The second-order valence-electron chi connectivity index (χ2n) is 3.85. The molecular formula is C11H16F3N3O2. The molecule has 8 heteroatoms. The van der Waals surface area contributed by atoms with Gasteiger partial charge in [0.15, 0.2) is 5.69 Å². The van der Waals surface area contributed by atoms with Crippen LogP contribution in [-0.2, 0) is 17.7 Å². The Hall–Kier alpha value is -1.73. The smallest absolute Gasteiger partial charge is 0.390 e. The topological polar surface area (TPSA) is 70.1 Å². The van der Waals surface area contributed by atoms with Crippen molar-refractivity contribution in [2.75, 3.05) is 12.3 Å². The summed E-state index contributed by atoms with van der Waals surface area (Å²) in [7, 11) is 0. The van der Waals surface area contributed by atoms with Crippen molar-refractivity contribution in [3.05, 3.63) is 11.5 Å². The van der Waals surface area contributed by atoms with Gasteiger partial charge in [0.05, 0.1) is 13.0 Å². The zero-order valence-electron chi connectivity index (χ0n) is 10.8. The van der Waals surface area contributed by atoms with Crippen LogP contribution in [0.25, 0.3) is 0 Å². The Morgan fingerprint density at radius 3 is 2.53 bits per heavy atom. The Balaban J connectivity index is 3.00. The van der Waals surface area contributed by atoms with Crippen LogP contribution in [0.3, 0.4) is 0 Å². The molecule has 0 radical (unpaired) electrons. The number of hydrogen-bond donors (Lipinski definition) is 1. The first-order chi connectivity index (χ1) is 8.80. The van der Waals surface area contributed by atoms with Gasteiger partial charge in [-0.05, 0) is 6.92 Å². The molecule has 0 aromatic carbocycles. The Kier molecular flexibility index (Phi) is 4.79. The number of aromatic nitrogens is 2. The minimum atomic E-state index is -4.29. The number of esters is 1. The van der Waals surface area contributed by atoms with Gasteiger partial charge < -0.3 is 15.0 Å². The van der Waals surface area contributed by atoms with Crippen LogP contribution in [-0.4, -0.2) is 28.3 Å². The predicted octanol–water partition coefficient (Wildman–Crippen LogP) is 2.16. The fraction of sp³-hybridized carbons (Fsp3) is 0.636. The molecular weight excluding hydrogens is 263 g/mol. The third-order valence-electron chi connectivity index (χ3n) is 2.49. The molecule has 19 heavy (non-hydrogen) atoms. The van der Waals surface area contributed by atoms with Crippen LogP contribution >= 0.6 is 0 Å². The zero-order valence-corrected chi connectivity index (χ0v) is 10.8. The van der Waals surface area contributed by atoms with Gasteiger partial charge >= 0.3 is 12.1 Å². The van der Waals surface area contributed by atoms with Crippen LogP contribution in [0.2, 0.25) is 0 Å². The van der Waals surface area contributed by atoms with Gasteiger partial charge in [0, 0.05) is 13.0 Å². The summed E-state index contributed by atoms with van der Waals surface area (Å²) in [4.78, 5) is 15.5. The SMILES string of the molecule is CCOC(=O)c1nc(CC)n(CCC(F)(F)F)c1N. The maximum absolute atomic E-state index is 12.2. The molecule has 5 nitrogen and oxygen atoms in total. The molecule has 108 valence electrons. The normalized spacial score (nSPS) is 11.6. The lowest BCUT2D eigenvalue weighted by atomic mass is 10.3. The summed E-state index contributed by atoms with van der Waals surface area (Å²) in [6, 6.07) is 0. The highest BCUT2D eigenvalue weighted by Crippen LogP contribution is 2.23. The standard InChI is InChI=1S/C11H16F3N3O2/c1-3-7-16-8(10(18)19-4-2)9(15)17(7)6-5-11(12,13)14/h3-6,15H2,1-2H3. The van der Waals surface area contributed by atoms with Crippen molar-refractivity contribution in [2.45, 2.75) is 39.4 Å². The van der Waals surface area contributed by atoms with E-state index in [1.54, 1.807) is 13.8 Å². The molecule has 0 amide bonds. The number of ether oxygens (including phenoxy) is 1. The summed E-state index contributed by atoms with van der Waals surface area (Å²) >= 11 is 0. The van der Waals surface area contributed by atoms with Crippen molar-refractivity contribution in [1.29, 1.82) is 0 Å². The number of hydrogen-bond acceptors (Lipinski definition) is 4. The molecule has 0 bridgehead atoms. The molecule has 0 saturated heterocycles. The van der Waals surface area contributed by atoms with Crippen LogP contribution in [0.4, 0.5) is 19.0 Å². The summed E-state index contributed by atoms with van der Waals surface area (Å²) in [6.45, 7) is 3.14. The van der Waals surface area contributed by atoms with Gasteiger partial charge in [-0.15, -0.1) is 0 Å². The quantitative estimate of drug-likeness (QED) is 0.838. The minimum Gasteiger partial charge on any atom is -0.461 e. The Morgan fingerprint density at radius 1 is 1.42 bits per heavy atom. The van der Waals surface area contributed by atoms with Gasteiger partial charge in [-0.1, -0.05) is 6.92 Å². The fourth-order valence-electron chi connectivity index (χ4n) is 1.62. The molecule has 1 rings (SSSR count). The molecule has 0 aliphatic rings. The summed E-state index contributed by atoms with van der Waals surface area (Å²) in [5.41, 5.74) is 5.55. The van der Waals surface area contributed by atoms with E-state index < -0.39 is 18.6 Å². The molecule has 0 saturated carbocycles. The van der Waals surface area contributed by atoms with Gasteiger partial charge in [-0.2, -0.15) is 13.2 Å². The van der Waals surface area contributed by atoms with E-state index in [0.29, 0.717) is 12.2 Å². The monoisotopic (exact) mass is 279 g/mol. The third-order valence-corrected chi connectivity index (χ3v) is 2.49. The number of aryl methyl sites for hydroxylation is 1. The molecule has 1 heterocycles. The summed E-state index contributed by atoms with van der Waals surface area (Å²) in [5.74, 6) is -0.468. The number of halogens is 3. The van der Waals surface area contributed by atoms with E-state index in [1.165, 1.54) is 4.57 Å². The first kappa shape index (κ1) is 15.3. The Morgan fingerprint density at radius 2 is 2.05 bits per heavy atom. The number of nitrogens with zero attached hydrogens (tertiary/aromatic N) is 2. The summed E-state index contributed by atoms with van der Waals surface area (Å²) in [6.07, 6.45) is -4.93. The zero-order chi connectivity index (χ0) is 14.6. The van der Waals surface area contributed by atoms with Crippen LogP contribution in [0.15, 0.2) is 0 Å². The number of rotatable bonds is 5. The molecule has 2 N–H and O–H groups in total. The lowest BCUT2D eigenvalue weighted by Gasteiger charge is -2.10. The van der Waals surface area contributed by atoms with Gasteiger partial charge in [0.25, 0.3) is 0 Å². The average Bonchev–Trinajstić information content (AvgIpc) is 2.62. The molecule has 0 aliphatic heterocycles. The predicted molar refractivity (Wildman–Crippen MR) is 62.6 cm³/mol. The highest BCUT2D eigenvalue weighted by molar-refractivity contribution is 5.92. The summed E-state index contributed by atoms with van der Waals surface area (Å²) < 4.78 is 42.6. The highest BCUT2D eigenvalue weighted by atomic mass is 19.4. The maximum Gasteiger partial charge on any atom is 0.390 e. The van der Waals surface area contributed by atoms with E-state index in [2.05, 4.69) is 4.98 Å². The fourth-order valence-corrected chi connectivity index (χ4v) is 1.62. The number of alkyl halides is 3. The van der Waals surface area contributed by atoms with Crippen molar-refractivity contribution >= 4 is 11.8 Å². The highest BCUT2D eigenvalue weighted by Gasteiger charge is 2.29. The average molecular weight is 279 g/mol. The van der Waals surface area contributed by atoms with E-state index in [0.717, 1.165) is 0 Å². The van der Waals surface area contributed by atoms with Crippen molar-refractivity contribution in [1.82, 2.24) is 9.55 Å². The first-order valence-electron chi connectivity index (χ1n) is 5.88. The number of carbonyl (C=O) groups excluding carboxylic acids is 1. The van der Waals surface area contributed by atoms with Gasteiger partial charge in [0.1, 0.15) is 11.6 Å². The third kappa shape index (κ3) is 3.87. The molecule has 0 fully saturated rings. The van der Waals surface area contributed by atoms with Crippen LogP contribution in [0.5, 0.6) is 0 Å². The van der Waals surface area contributed by atoms with E-state index >= 15 is 0 Å². The van der Waals surface area contributed by atoms with Crippen molar-refractivity contribution in [3.8, 4) is 0 Å². The summed E-state index contributed by atoms with van der Waals surface area (Å²) in [5, 5.41) is 0. The molecule has 0 aliphatic carbocycles. The second-order valence-corrected chi connectivity index (χ2v) is 3.85. The number of nitrogen functional groups attached to an aromatic ring is 1. The van der Waals surface area contributed by atoms with Crippen LogP contribution in [0.1, 0.15) is 36.6 Å². The van der Waals surface area contributed by atoms with E-state index in [9.17, 15) is 18.0 Å². The number of imidazole rings is 1. The lowest BCUT2D eigenvalue weighted by Crippen LogP contribution is -2.16. The van der Waals surface area contributed by atoms with Gasteiger partial charge in [-0.3, -0.25) is 0 Å². The number of carbonyl (C=O) groups is 1. The van der Waals surface area contributed by atoms with Gasteiger partial charge in [-0.25, -0.2) is 9.78 Å². The van der Waals surface area contributed by atoms with Crippen molar-refractivity contribution in [3.63, 3.8) is 0 Å². The van der Waals surface area contributed by atoms with Gasteiger partial charge in [0.2, 0.25) is 0 Å². The van der Waals surface area contributed by atoms with Crippen molar-refractivity contribution in [2.24, 2.45) is 0 Å². The van der Waals surface area contributed by atoms with E-state index in [4.69, 9.17) is 10.5 Å². The first-order valence-corrected chi connectivity index (χ1v) is 5.88. The number of anilines is 1. The van der Waals surface area contributed by atoms with E-state index in [1.807, 2.05) is 0 Å². The molecule has 0 atom stereocenters. The lowest BCUT2D eigenvalue weighted by molar-refractivity contribution is -0.136. The molecule has 0 spiro atoms. The van der Waals surface area contributed by atoms with E-state index in [-0.39, 0.29) is 24.7 Å². The van der Waals surface area contributed by atoms with Crippen molar-refractivity contribution < 1.29 is 22.7 Å². The molecule has 1 aromatic rings. The Bertz CT molecular complexity index is 455. The number of nitrogens with two attached hydrogens (primary N) is 1. The van der Waals surface area contributed by atoms with Crippen LogP contribution < -0.4 is 5.73 Å². The largest absolute Gasteiger partial charge is 0.461 e. The van der Waals surface area contributed by atoms with Crippen LogP contribution in [0, 0.1) is 0 Å². The maximum atomic E-state index is 12.2. The second kappa shape index (κ2) is 5.94.